The third-order valence-corrected chi connectivity index (χ3v) is 10.9. The van der Waals surface area contributed by atoms with Crippen molar-refractivity contribution in [1.29, 1.82) is 0 Å². The van der Waals surface area contributed by atoms with Crippen LogP contribution in [0.25, 0.3) is 0 Å². The summed E-state index contributed by atoms with van der Waals surface area (Å²) in [6, 6.07) is 7.63. The molecule has 0 aromatic heterocycles. The maximum absolute atomic E-state index is 13.6. The minimum absolute atomic E-state index is 0.0302. The number of primary sulfonamides is 1. The van der Waals surface area contributed by atoms with Gasteiger partial charge >= 0.3 is 18.1 Å². The molecule has 2 aromatic carbocycles. The van der Waals surface area contributed by atoms with Gasteiger partial charge in [0.05, 0.1) is 29.9 Å². The van der Waals surface area contributed by atoms with Crippen LogP contribution in [0.3, 0.4) is 0 Å². The predicted molar refractivity (Wildman–Crippen MR) is 166 cm³/mol. The van der Waals surface area contributed by atoms with Crippen molar-refractivity contribution >= 4 is 55.4 Å². The number of anilines is 1. The number of rotatable bonds is 10. The van der Waals surface area contributed by atoms with Gasteiger partial charge in [0.15, 0.2) is 6.10 Å². The van der Waals surface area contributed by atoms with Crippen LogP contribution in [0.2, 0.25) is 5.02 Å². The summed E-state index contributed by atoms with van der Waals surface area (Å²) in [5, 5.41) is 18.2. The maximum Gasteiger partial charge on any atom is 0.523 e. The van der Waals surface area contributed by atoms with Gasteiger partial charge in [-0.05, 0) is 50.6 Å². The number of sulfonamides is 2. The van der Waals surface area contributed by atoms with Crippen molar-refractivity contribution in [2.24, 2.45) is 5.14 Å². The van der Waals surface area contributed by atoms with Gasteiger partial charge in [-0.2, -0.15) is 9.52 Å². The van der Waals surface area contributed by atoms with E-state index in [0.717, 1.165) is 6.07 Å². The van der Waals surface area contributed by atoms with Gasteiger partial charge in [0.1, 0.15) is 28.1 Å². The molecule has 0 bridgehead atoms. The third-order valence-electron chi connectivity index (χ3n) is 8.00. The molecule has 2 aliphatic heterocycles. The van der Waals surface area contributed by atoms with Crippen LogP contribution in [0.15, 0.2) is 46.2 Å². The van der Waals surface area contributed by atoms with E-state index in [9.17, 15) is 36.3 Å². The van der Waals surface area contributed by atoms with E-state index in [1.165, 1.54) is 11.0 Å². The lowest BCUT2D eigenvalue weighted by Gasteiger charge is -2.33. The van der Waals surface area contributed by atoms with E-state index in [0.29, 0.717) is 11.3 Å². The van der Waals surface area contributed by atoms with E-state index in [1.54, 1.807) is 45.0 Å². The number of quaternary nitrogens is 1. The van der Waals surface area contributed by atoms with Crippen LogP contribution < -0.4 is 19.9 Å². The number of benzene rings is 2. The lowest BCUT2D eigenvalue weighted by molar-refractivity contribution is -0.792. The van der Waals surface area contributed by atoms with E-state index in [-0.39, 0.29) is 61.1 Å². The number of imide groups is 1. The topological polar surface area (TPSA) is 211 Å². The van der Waals surface area contributed by atoms with Crippen LogP contribution in [-0.2, 0) is 36.0 Å². The Morgan fingerprint density at radius 1 is 1.17 bits per heavy atom. The van der Waals surface area contributed by atoms with Gasteiger partial charge in [-0.15, -0.1) is 4.48 Å². The van der Waals surface area contributed by atoms with Crippen molar-refractivity contribution in [3.8, 4) is 5.75 Å². The molecule has 4 rings (SSSR count). The van der Waals surface area contributed by atoms with Crippen LogP contribution in [0.1, 0.15) is 39.2 Å². The Morgan fingerprint density at radius 2 is 1.85 bits per heavy atom. The summed E-state index contributed by atoms with van der Waals surface area (Å²) >= 11 is 6.05. The zero-order valence-corrected chi connectivity index (χ0v) is 27.8. The van der Waals surface area contributed by atoms with E-state index < -0.39 is 65.8 Å². The highest BCUT2D eigenvalue weighted by molar-refractivity contribution is 7.90. The van der Waals surface area contributed by atoms with E-state index in [2.05, 4.69) is 10.0 Å². The standard InChI is InChI=1S/C28H36ClN5O10S2/c1-4-33(11-10-26(35)43-5-2)27(36)34(28(37)38)16-20(12-17(34)3)44-19-8-6-18(7-9-19)13-25-31-22-14-21(29)23(45(30,39)40)15-24(22)46(41,42)32-25/h6-9,14-15,17,20,25,31-32H,4-5,10-13,16H2,1-3H3,(H2-,30,37,38,39,40)/p+1/t17-,20-,25?,34-/m1/s1. The molecule has 1 saturated heterocycles. The number of carboxylic acid groups (broad SMARTS) is 1. The molecule has 5 N–H and O–H groups in total. The highest BCUT2D eigenvalue weighted by Gasteiger charge is 2.59. The van der Waals surface area contributed by atoms with Gasteiger partial charge in [-0.3, -0.25) is 9.69 Å². The molecule has 4 atom stereocenters. The third kappa shape index (κ3) is 7.39. The SMILES string of the molecule is CCOC(=O)CCN(CC)C(=O)[N@@+]1(C(=O)O)C[C@H](Oc2ccc(CC3Nc4cc(Cl)c(S(N)(=O)=O)cc4S(=O)(=O)N3)cc2)C[C@H]1C. The van der Waals surface area contributed by atoms with Crippen molar-refractivity contribution in [2.75, 3.05) is 31.6 Å². The molecule has 46 heavy (non-hydrogen) atoms. The summed E-state index contributed by atoms with van der Waals surface area (Å²) in [4.78, 5) is 38.5. The monoisotopic (exact) mass is 702 g/mol. The smallest absolute Gasteiger partial charge is 0.484 e. The maximum atomic E-state index is 13.6. The van der Waals surface area contributed by atoms with Crippen LogP contribution in [0, 0.1) is 0 Å². The Kier molecular flexibility index (Phi) is 10.5. The summed E-state index contributed by atoms with van der Waals surface area (Å²) in [5.74, 6) is -0.0438. The minimum atomic E-state index is -4.25. The first-order valence-corrected chi connectivity index (χ1v) is 17.9. The Morgan fingerprint density at radius 3 is 2.43 bits per heavy atom. The first-order valence-electron chi connectivity index (χ1n) is 14.5. The van der Waals surface area contributed by atoms with Gasteiger partial charge in [0.25, 0.3) is 0 Å². The Hall–Kier alpha value is -3.48. The number of hydrogen-bond donors (Lipinski definition) is 4. The highest BCUT2D eigenvalue weighted by atomic mass is 35.5. The van der Waals surface area contributed by atoms with Crippen molar-refractivity contribution < 1.29 is 50.3 Å². The number of nitrogens with zero attached hydrogens (tertiary/aromatic N) is 2. The lowest BCUT2D eigenvalue weighted by Crippen LogP contribution is -2.63. The van der Waals surface area contributed by atoms with Crippen LogP contribution in [-0.4, -0.2) is 94.0 Å². The summed E-state index contributed by atoms with van der Waals surface area (Å²) in [6.45, 7) is 5.40. The first-order chi connectivity index (χ1) is 21.5. The van der Waals surface area contributed by atoms with Gasteiger partial charge < -0.3 is 19.9 Å². The van der Waals surface area contributed by atoms with Gasteiger partial charge in [-0.25, -0.2) is 26.8 Å². The second-order valence-electron chi connectivity index (χ2n) is 11.1. The number of halogens is 1. The number of nitrogens with one attached hydrogen (secondary N) is 2. The highest BCUT2D eigenvalue weighted by Crippen LogP contribution is 2.35. The number of ether oxygens (including phenoxy) is 2. The summed E-state index contributed by atoms with van der Waals surface area (Å²) in [7, 11) is -8.35. The van der Waals surface area contributed by atoms with Crippen molar-refractivity contribution in [3.63, 3.8) is 0 Å². The zero-order valence-electron chi connectivity index (χ0n) is 25.4. The molecule has 0 saturated carbocycles. The van der Waals surface area contributed by atoms with Gasteiger partial charge in [0, 0.05) is 25.9 Å². The molecule has 2 aliphatic rings. The van der Waals surface area contributed by atoms with Crippen LogP contribution in [0.5, 0.6) is 5.75 Å². The molecule has 2 heterocycles. The van der Waals surface area contributed by atoms with Crippen molar-refractivity contribution in [1.82, 2.24) is 9.62 Å². The number of carbonyl (C=O) groups excluding carboxylic acids is 2. The average Bonchev–Trinajstić information content (AvgIpc) is 3.29. The molecule has 0 spiro atoms. The molecule has 0 aliphatic carbocycles. The molecule has 2 aromatic rings. The normalized spacial score (nSPS) is 23.5. The molecule has 1 unspecified atom stereocenters. The number of fused-ring (bicyclic) bond motifs is 1. The van der Waals surface area contributed by atoms with E-state index in [1.807, 2.05) is 0 Å². The second kappa shape index (κ2) is 13.7. The fourth-order valence-electron chi connectivity index (χ4n) is 5.72. The molecule has 18 heteroatoms. The molecule has 3 amide bonds. The van der Waals surface area contributed by atoms with Crippen LogP contribution >= 0.6 is 11.6 Å². The number of nitrogens with two attached hydrogens (primary N) is 1. The van der Waals surface area contributed by atoms with E-state index >= 15 is 0 Å². The molecule has 15 nitrogen and oxygen atoms in total. The first kappa shape index (κ1) is 35.4. The Balaban J connectivity index is 1.43. The quantitative estimate of drug-likeness (QED) is 0.209. The zero-order chi connectivity index (χ0) is 34.0. The summed E-state index contributed by atoms with van der Waals surface area (Å²) < 4.78 is 62.0. The predicted octanol–water partition coefficient (Wildman–Crippen LogP) is 2.69. The fraction of sp³-hybridized carbons (Fsp3) is 0.464. The average molecular weight is 703 g/mol. The molecular formula is C28H37ClN5O10S2+. The Bertz CT molecular complexity index is 1720. The molecule has 0 radical (unpaired) electrons. The molecule has 1 fully saturated rings. The van der Waals surface area contributed by atoms with E-state index in [4.69, 9.17) is 26.2 Å². The number of carbonyl (C=O) groups is 3. The largest absolute Gasteiger partial charge is 0.523 e. The van der Waals surface area contributed by atoms with Crippen molar-refractivity contribution in [3.05, 3.63) is 47.0 Å². The molecule has 252 valence electrons. The van der Waals surface area contributed by atoms with Gasteiger partial charge in [-0.1, -0.05) is 23.7 Å². The van der Waals surface area contributed by atoms with Gasteiger partial charge in [0.2, 0.25) is 20.0 Å². The van der Waals surface area contributed by atoms with Crippen LogP contribution in [0.4, 0.5) is 15.3 Å². The number of hydrogen-bond acceptors (Lipinski definition) is 10. The number of amides is 3. The second-order valence-corrected chi connectivity index (χ2v) is 14.7. The fourth-order valence-corrected chi connectivity index (χ4v) is 8.22. The number of likely N-dealkylation sites (tertiary alicyclic amines) is 1. The summed E-state index contributed by atoms with van der Waals surface area (Å²) in [6.07, 6.45) is -2.26. The van der Waals surface area contributed by atoms with Crippen molar-refractivity contribution in [2.45, 2.75) is 68.1 Å². The minimum Gasteiger partial charge on any atom is -0.484 e. The summed E-state index contributed by atoms with van der Waals surface area (Å²) in [5.41, 5.74) is 0.836. The number of esters is 1. The lowest BCUT2D eigenvalue weighted by atomic mass is 10.1. The Labute approximate surface area is 272 Å². The molecular weight excluding hydrogens is 666 g/mol. The number of urea groups is 1.